The first-order valence-electron chi connectivity index (χ1n) is 10.9. The van der Waals surface area contributed by atoms with Crippen LogP contribution in [-0.4, -0.2) is 37.8 Å². The van der Waals surface area contributed by atoms with Gasteiger partial charge in [0.1, 0.15) is 5.54 Å². The number of pyridine rings is 1. The first-order chi connectivity index (χ1) is 16.0. The Labute approximate surface area is 199 Å². The fourth-order valence-corrected chi connectivity index (χ4v) is 4.29. The predicted molar refractivity (Wildman–Crippen MR) is 132 cm³/mol. The highest BCUT2D eigenvalue weighted by Gasteiger charge is 2.40. The van der Waals surface area contributed by atoms with Crippen LogP contribution in [0.25, 0.3) is 10.8 Å². The maximum Gasteiger partial charge on any atom is 0.247 e. The lowest BCUT2D eigenvalue weighted by Gasteiger charge is -2.34. The third-order valence-corrected chi connectivity index (χ3v) is 6.05. The highest BCUT2D eigenvalue weighted by molar-refractivity contribution is 7.89. The predicted octanol–water partition coefficient (Wildman–Crippen LogP) is 2.89. The van der Waals surface area contributed by atoms with Gasteiger partial charge in [-0.05, 0) is 68.5 Å². The van der Waals surface area contributed by atoms with E-state index in [0.29, 0.717) is 29.4 Å². The fourth-order valence-electron chi connectivity index (χ4n) is 3.70. The summed E-state index contributed by atoms with van der Waals surface area (Å²) in [4.78, 5) is 17.1. The van der Waals surface area contributed by atoms with E-state index in [1.165, 1.54) is 0 Å². The number of anilines is 1. The molecule has 0 saturated heterocycles. The van der Waals surface area contributed by atoms with Crippen LogP contribution in [-0.2, 0) is 20.4 Å². The lowest BCUT2D eigenvalue weighted by atomic mass is 9.85. The van der Waals surface area contributed by atoms with E-state index in [1.54, 1.807) is 36.7 Å². The number of fused-ring (bicyclic) bond motifs is 1. The lowest BCUT2D eigenvalue weighted by molar-refractivity contribution is -0.122. The minimum absolute atomic E-state index is 0.0986. The molecule has 0 spiro atoms. The third kappa shape index (κ3) is 5.95. The molecule has 1 atom stereocenters. The van der Waals surface area contributed by atoms with Crippen LogP contribution in [0.4, 0.5) is 5.69 Å². The first-order valence-corrected chi connectivity index (χ1v) is 12.6. The number of primary sulfonamides is 1. The van der Waals surface area contributed by atoms with Crippen LogP contribution >= 0.6 is 0 Å². The number of nitrogens with two attached hydrogens (primary N) is 2. The van der Waals surface area contributed by atoms with E-state index in [1.807, 2.05) is 39.0 Å². The molecule has 3 rings (SSSR count). The molecule has 3 aromatic rings. The molecule has 0 saturated carbocycles. The Morgan fingerprint density at radius 1 is 1.12 bits per heavy atom. The molecule has 9 nitrogen and oxygen atoms in total. The van der Waals surface area contributed by atoms with E-state index >= 15 is 0 Å². The molecule has 0 aliphatic carbocycles. The normalized spacial score (nSPS) is 13.4. The maximum absolute atomic E-state index is 13.0. The topological polar surface area (TPSA) is 147 Å². The van der Waals surface area contributed by atoms with Crippen molar-refractivity contribution in [3.63, 3.8) is 0 Å². The average molecular weight is 487 g/mol. The van der Waals surface area contributed by atoms with Crippen molar-refractivity contribution in [2.45, 2.75) is 38.8 Å². The second kappa shape index (κ2) is 10.3. The van der Waals surface area contributed by atoms with Gasteiger partial charge in [0.05, 0.1) is 18.5 Å². The van der Waals surface area contributed by atoms with Gasteiger partial charge < -0.3 is 20.5 Å². The molecule has 34 heavy (non-hydrogen) atoms. The number of amides is 1. The number of hydrogen-bond donors (Lipinski definition) is 3. The summed E-state index contributed by atoms with van der Waals surface area (Å²) >= 11 is 0. The van der Waals surface area contributed by atoms with Gasteiger partial charge in [-0.2, -0.15) is 0 Å². The zero-order valence-electron chi connectivity index (χ0n) is 19.4. The molecule has 10 heteroatoms. The van der Waals surface area contributed by atoms with Crippen molar-refractivity contribution < 1.29 is 22.7 Å². The Kier molecular flexibility index (Phi) is 7.63. The Morgan fingerprint density at radius 3 is 2.53 bits per heavy atom. The maximum atomic E-state index is 13.0. The average Bonchev–Trinajstić information content (AvgIpc) is 2.77. The Bertz CT molecular complexity index is 1280. The molecular weight excluding hydrogens is 456 g/mol. The molecule has 1 unspecified atom stereocenters. The second-order valence-electron chi connectivity index (χ2n) is 8.21. The largest absolute Gasteiger partial charge is 0.490 e. The fraction of sp³-hybridized carbons (Fsp3) is 0.333. The number of nitrogens with zero attached hydrogens (tertiary/aromatic N) is 1. The van der Waals surface area contributed by atoms with Crippen LogP contribution in [0.15, 0.2) is 54.9 Å². The quantitative estimate of drug-likeness (QED) is 0.377. The summed E-state index contributed by atoms with van der Waals surface area (Å²) in [5, 5.41) is 10.3. The summed E-state index contributed by atoms with van der Waals surface area (Å²) in [6.45, 7) is 5.97. The molecule has 0 fully saturated rings. The van der Waals surface area contributed by atoms with Crippen LogP contribution in [0, 0.1) is 0 Å². The molecule has 0 bridgehead atoms. The Balaban J connectivity index is 2.14. The summed E-state index contributed by atoms with van der Waals surface area (Å²) in [5.41, 5.74) is 5.33. The molecule has 0 aliphatic rings. The minimum atomic E-state index is -3.88. The Hall–Kier alpha value is -3.37. The third-order valence-electron chi connectivity index (χ3n) is 5.28. The number of aromatic nitrogens is 1. The van der Waals surface area contributed by atoms with Crippen molar-refractivity contribution in [2.24, 2.45) is 10.9 Å². The van der Waals surface area contributed by atoms with Gasteiger partial charge in [0.25, 0.3) is 0 Å². The summed E-state index contributed by atoms with van der Waals surface area (Å²) in [5.74, 6) is -0.301. The van der Waals surface area contributed by atoms with E-state index in [-0.39, 0.29) is 12.5 Å². The van der Waals surface area contributed by atoms with E-state index in [2.05, 4.69) is 10.3 Å². The number of carbonyl (C=O) groups is 1. The van der Waals surface area contributed by atoms with Gasteiger partial charge in [-0.3, -0.25) is 9.78 Å². The highest BCUT2D eigenvalue weighted by Crippen LogP contribution is 2.37. The van der Waals surface area contributed by atoms with Crippen molar-refractivity contribution >= 4 is 32.4 Å². The first kappa shape index (κ1) is 25.3. The van der Waals surface area contributed by atoms with Crippen LogP contribution < -0.4 is 25.7 Å². The van der Waals surface area contributed by atoms with E-state index in [0.717, 1.165) is 10.8 Å². The van der Waals surface area contributed by atoms with Gasteiger partial charge in [0, 0.05) is 23.5 Å². The molecule has 1 heterocycles. The van der Waals surface area contributed by atoms with Crippen LogP contribution in [0.2, 0.25) is 0 Å². The number of hydrogen-bond acceptors (Lipinski definition) is 7. The second-order valence-corrected chi connectivity index (χ2v) is 9.94. The molecule has 5 N–H and O–H groups in total. The van der Waals surface area contributed by atoms with Gasteiger partial charge in [0.2, 0.25) is 15.9 Å². The van der Waals surface area contributed by atoms with Gasteiger partial charge in [-0.1, -0.05) is 12.1 Å². The minimum Gasteiger partial charge on any atom is -0.490 e. The molecule has 2 aromatic carbocycles. The number of carbonyl (C=O) groups excluding carboxylic acids is 1. The number of sulfonamides is 1. The number of primary amides is 1. The van der Waals surface area contributed by atoms with Crippen molar-refractivity contribution in [3.8, 4) is 11.5 Å². The van der Waals surface area contributed by atoms with E-state index < -0.39 is 27.2 Å². The van der Waals surface area contributed by atoms with Crippen LogP contribution in [0.1, 0.15) is 32.8 Å². The Morgan fingerprint density at radius 2 is 1.88 bits per heavy atom. The SMILES string of the molecule is CCOc1cc(C(CCS(N)(=O)=O)(Nc2ccc3cnccc3c2)C(N)=O)ccc1OC(C)C. The molecule has 0 aliphatic heterocycles. The monoisotopic (exact) mass is 486 g/mol. The summed E-state index contributed by atoms with van der Waals surface area (Å²) in [6, 6.07) is 12.3. The number of benzene rings is 2. The van der Waals surface area contributed by atoms with Gasteiger partial charge in [0.15, 0.2) is 11.5 Å². The van der Waals surface area contributed by atoms with Crippen molar-refractivity contribution in [1.29, 1.82) is 0 Å². The molecular formula is C24H30N4O5S. The van der Waals surface area contributed by atoms with Gasteiger partial charge >= 0.3 is 0 Å². The molecule has 182 valence electrons. The van der Waals surface area contributed by atoms with Crippen molar-refractivity contribution in [1.82, 2.24) is 4.98 Å². The van der Waals surface area contributed by atoms with Gasteiger partial charge in [-0.15, -0.1) is 0 Å². The standard InChI is InChI=1S/C24H30N4O5S/c1-4-32-22-14-19(6-8-21(22)33-16(2)3)24(23(25)29,10-12-34(26,30)31)28-20-7-5-18-15-27-11-9-17(18)13-20/h5-9,11,13-16,28H,4,10,12H2,1-3H3,(H2,25,29)(H2,26,30,31). The van der Waals surface area contributed by atoms with Gasteiger partial charge in [-0.25, -0.2) is 13.6 Å². The smallest absolute Gasteiger partial charge is 0.247 e. The summed E-state index contributed by atoms with van der Waals surface area (Å²) < 4.78 is 35.3. The zero-order valence-corrected chi connectivity index (χ0v) is 20.3. The molecule has 1 amide bonds. The lowest BCUT2D eigenvalue weighted by Crippen LogP contribution is -2.49. The van der Waals surface area contributed by atoms with E-state index in [9.17, 15) is 13.2 Å². The number of rotatable bonds is 11. The van der Waals surface area contributed by atoms with E-state index in [4.69, 9.17) is 20.3 Å². The van der Waals surface area contributed by atoms with Crippen molar-refractivity contribution in [2.75, 3.05) is 17.7 Å². The highest BCUT2D eigenvalue weighted by atomic mass is 32.2. The summed E-state index contributed by atoms with van der Waals surface area (Å²) in [6.07, 6.45) is 3.10. The zero-order chi connectivity index (χ0) is 24.9. The van der Waals surface area contributed by atoms with Crippen molar-refractivity contribution in [3.05, 3.63) is 60.4 Å². The number of ether oxygens (including phenoxy) is 2. The summed E-state index contributed by atoms with van der Waals surface area (Å²) in [7, 11) is -3.88. The molecule has 0 radical (unpaired) electrons. The van der Waals surface area contributed by atoms with Crippen LogP contribution in [0.5, 0.6) is 11.5 Å². The van der Waals surface area contributed by atoms with Crippen LogP contribution in [0.3, 0.4) is 0 Å². The molecule has 1 aromatic heterocycles. The number of nitrogens with one attached hydrogen (secondary N) is 1.